The van der Waals surface area contributed by atoms with Gasteiger partial charge in [0.1, 0.15) is 11.5 Å². The number of aromatic nitrogens is 2. The van der Waals surface area contributed by atoms with Crippen LogP contribution >= 0.6 is 0 Å². The van der Waals surface area contributed by atoms with Gasteiger partial charge in [0.15, 0.2) is 0 Å². The van der Waals surface area contributed by atoms with E-state index in [2.05, 4.69) is 37.3 Å². The zero-order valence-corrected chi connectivity index (χ0v) is 16.6. The van der Waals surface area contributed by atoms with E-state index in [1.54, 1.807) is 14.2 Å². The van der Waals surface area contributed by atoms with Crippen LogP contribution in [0, 0.1) is 6.92 Å². The summed E-state index contributed by atoms with van der Waals surface area (Å²) in [5.74, 6) is 1.64. The van der Waals surface area contributed by atoms with Crippen LogP contribution in [0.3, 0.4) is 0 Å². The minimum Gasteiger partial charge on any atom is -0.497 e. The summed E-state index contributed by atoms with van der Waals surface area (Å²) < 4.78 is 11.0. The van der Waals surface area contributed by atoms with Crippen molar-refractivity contribution in [3.63, 3.8) is 0 Å². The van der Waals surface area contributed by atoms with Gasteiger partial charge in [0.2, 0.25) is 0 Å². The second-order valence-electron chi connectivity index (χ2n) is 7.10. The number of fused-ring (bicyclic) bond motifs is 6. The molecule has 0 bridgehead atoms. The Morgan fingerprint density at radius 3 is 2.24 bits per heavy atom. The average Bonchev–Trinajstić information content (AvgIpc) is 2.78. The molecule has 0 saturated heterocycles. The van der Waals surface area contributed by atoms with Crippen molar-refractivity contribution in [1.29, 1.82) is 0 Å². The number of nitrogens with zero attached hydrogens (tertiary/aromatic N) is 2. The van der Waals surface area contributed by atoms with E-state index < -0.39 is 0 Å². The first-order valence-electron chi connectivity index (χ1n) is 9.50. The highest BCUT2D eigenvalue weighted by molar-refractivity contribution is 6.24. The lowest BCUT2D eigenvalue weighted by molar-refractivity contribution is 0.415. The van der Waals surface area contributed by atoms with E-state index in [1.807, 2.05) is 36.5 Å². The van der Waals surface area contributed by atoms with Crippen molar-refractivity contribution in [2.75, 3.05) is 14.2 Å². The fraction of sp³-hybridized carbons (Fsp3) is 0.120. The Bertz CT molecular complexity index is 1380. The lowest BCUT2D eigenvalue weighted by Crippen LogP contribution is -1.95. The molecule has 0 radical (unpaired) electrons. The first kappa shape index (κ1) is 17.4. The number of ether oxygens (including phenoxy) is 2. The number of hydrogen-bond donors (Lipinski definition) is 0. The van der Waals surface area contributed by atoms with E-state index in [-0.39, 0.29) is 0 Å². The van der Waals surface area contributed by atoms with Gasteiger partial charge >= 0.3 is 0 Å². The SMILES string of the molecule is COc1ccc2c(c1)c1cc(OC)cc(C)c1c1ncc(-c3ccccc3)nc21. The monoisotopic (exact) mass is 380 g/mol. The molecule has 4 nitrogen and oxygen atoms in total. The number of rotatable bonds is 3. The summed E-state index contributed by atoms with van der Waals surface area (Å²) in [6.45, 7) is 2.09. The second-order valence-corrected chi connectivity index (χ2v) is 7.10. The Balaban J connectivity index is 1.96. The molecular weight excluding hydrogens is 360 g/mol. The highest BCUT2D eigenvalue weighted by Gasteiger charge is 2.15. The Morgan fingerprint density at radius 2 is 1.48 bits per heavy atom. The summed E-state index contributed by atoms with van der Waals surface area (Å²) in [5.41, 5.74) is 4.81. The molecule has 5 aromatic rings. The number of aryl methyl sites for hydroxylation is 1. The zero-order valence-electron chi connectivity index (χ0n) is 16.6. The molecule has 29 heavy (non-hydrogen) atoms. The van der Waals surface area contributed by atoms with Crippen LogP contribution in [-0.2, 0) is 0 Å². The molecule has 0 aliphatic heterocycles. The maximum absolute atomic E-state index is 5.53. The van der Waals surface area contributed by atoms with Crippen molar-refractivity contribution in [1.82, 2.24) is 9.97 Å². The molecule has 1 aromatic heterocycles. The topological polar surface area (TPSA) is 44.2 Å². The first-order valence-corrected chi connectivity index (χ1v) is 9.50. The molecule has 0 aliphatic carbocycles. The summed E-state index contributed by atoms with van der Waals surface area (Å²) in [5, 5.41) is 4.30. The second kappa shape index (κ2) is 6.74. The molecule has 4 aromatic carbocycles. The third-order valence-electron chi connectivity index (χ3n) is 5.40. The molecule has 4 heteroatoms. The molecule has 0 atom stereocenters. The lowest BCUT2D eigenvalue weighted by atomic mass is 9.96. The van der Waals surface area contributed by atoms with Gasteiger partial charge in [-0.2, -0.15) is 0 Å². The van der Waals surface area contributed by atoms with Crippen LogP contribution in [0.5, 0.6) is 11.5 Å². The lowest BCUT2D eigenvalue weighted by Gasteiger charge is -2.14. The Labute approximate surface area is 168 Å². The smallest absolute Gasteiger partial charge is 0.119 e. The third kappa shape index (κ3) is 2.76. The van der Waals surface area contributed by atoms with Gasteiger partial charge in [-0.3, -0.25) is 4.98 Å². The van der Waals surface area contributed by atoms with E-state index in [0.717, 1.165) is 60.9 Å². The summed E-state index contributed by atoms with van der Waals surface area (Å²) in [6, 6.07) is 20.3. The minimum atomic E-state index is 0.811. The summed E-state index contributed by atoms with van der Waals surface area (Å²) >= 11 is 0. The van der Waals surface area contributed by atoms with Crippen LogP contribution in [0.25, 0.3) is 43.8 Å². The average molecular weight is 380 g/mol. The van der Waals surface area contributed by atoms with Gasteiger partial charge in [0.05, 0.1) is 37.1 Å². The van der Waals surface area contributed by atoms with Crippen molar-refractivity contribution in [2.24, 2.45) is 0 Å². The molecule has 0 unspecified atom stereocenters. The van der Waals surface area contributed by atoms with Crippen molar-refractivity contribution >= 4 is 32.6 Å². The van der Waals surface area contributed by atoms with Gasteiger partial charge in [0.25, 0.3) is 0 Å². The van der Waals surface area contributed by atoms with E-state index in [0.29, 0.717) is 0 Å². The van der Waals surface area contributed by atoms with Crippen molar-refractivity contribution in [3.05, 3.63) is 72.4 Å². The fourth-order valence-electron chi connectivity index (χ4n) is 3.99. The van der Waals surface area contributed by atoms with Gasteiger partial charge in [-0.15, -0.1) is 0 Å². The van der Waals surface area contributed by atoms with E-state index in [4.69, 9.17) is 19.4 Å². The van der Waals surface area contributed by atoms with Gasteiger partial charge in [-0.05, 0) is 53.6 Å². The van der Waals surface area contributed by atoms with Crippen LogP contribution in [0.2, 0.25) is 0 Å². The van der Waals surface area contributed by atoms with E-state index >= 15 is 0 Å². The van der Waals surface area contributed by atoms with Gasteiger partial charge in [0, 0.05) is 16.3 Å². The van der Waals surface area contributed by atoms with Gasteiger partial charge in [-0.1, -0.05) is 30.3 Å². The molecule has 0 fully saturated rings. The molecule has 0 saturated carbocycles. The number of hydrogen-bond acceptors (Lipinski definition) is 4. The highest BCUT2D eigenvalue weighted by atomic mass is 16.5. The molecule has 142 valence electrons. The molecule has 0 spiro atoms. The maximum atomic E-state index is 5.53. The predicted octanol–water partition coefficient (Wildman–Crippen LogP) is 5.93. The largest absolute Gasteiger partial charge is 0.497 e. The van der Waals surface area contributed by atoms with E-state index in [1.165, 1.54) is 0 Å². The molecule has 1 heterocycles. The van der Waals surface area contributed by atoms with Crippen molar-refractivity contribution < 1.29 is 9.47 Å². The number of methoxy groups -OCH3 is 2. The molecule has 0 N–H and O–H groups in total. The first-order chi connectivity index (χ1) is 14.2. The summed E-state index contributed by atoms with van der Waals surface area (Å²) in [6.07, 6.45) is 1.86. The van der Waals surface area contributed by atoms with E-state index in [9.17, 15) is 0 Å². The summed E-state index contributed by atoms with van der Waals surface area (Å²) in [4.78, 5) is 9.89. The standard InChI is InChI=1S/C25H20N2O2/c1-15-11-18(29-3)13-21-20-12-17(28-2)9-10-19(20)24-25(23(15)21)26-14-22(27-24)16-7-5-4-6-8-16/h4-14H,1-3H3. The van der Waals surface area contributed by atoms with Crippen LogP contribution in [0.4, 0.5) is 0 Å². The van der Waals surface area contributed by atoms with Gasteiger partial charge in [-0.25, -0.2) is 4.98 Å². The molecule has 0 amide bonds. The van der Waals surface area contributed by atoms with Crippen LogP contribution < -0.4 is 9.47 Å². The van der Waals surface area contributed by atoms with Crippen molar-refractivity contribution in [2.45, 2.75) is 6.92 Å². The molecular formula is C25H20N2O2. The fourth-order valence-corrected chi connectivity index (χ4v) is 3.99. The highest BCUT2D eigenvalue weighted by Crippen LogP contribution is 2.39. The van der Waals surface area contributed by atoms with Crippen LogP contribution in [0.15, 0.2) is 66.9 Å². The Morgan fingerprint density at radius 1 is 0.724 bits per heavy atom. The predicted molar refractivity (Wildman–Crippen MR) is 118 cm³/mol. The Kier molecular flexibility index (Phi) is 4.06. The molecule has 5 rings (SSSR count). The van der Waals surface area contributed by atoms with Crippen LogP contribution in [-0.4, -0.2) is 24.2 Å². The maximum Gasteiger partial charge on any atom is 0.119 e. The normalized spacial score (nSPS) is 11.3. The zero-order chi connectivity index (χ0) is 20.0. The molecule has 0 aliphatic rings. The third-order valence-corrected chi connectivity index (χ3v) is 5.40. The number of benzene rings is 4. The minimum absolute atomic E-state index is 0.811. The Hall–Kier alpha value is -3.66. The summed E-state index contributed by atoms with van der Waals surface area (Å²) in [7, 11) is 3.37. The van der Waals surface area contributed by atoms with Crippen molar-refractivity contribution in [3.8, 4) is 22.8 Å². The van der Waals surface area contributed by atoms with Crippen LogP contribution in [0.1, 0.15) is 5.56 Å². The quantitative estimate of drug-likeness (QED) is 0.364. The van der Waals surface area contributed by atoms with Gasteiger partial charge < -0.3 is 9.47 Å².